The molecule has 1 saturated heterocycles. The first-order valence-corrected chi connectivity index (χ1v) is 9.84. The lowest BCUT2D eigenvalue weighted by molar-refractivity contribution is -0.134. The summed E-state index contributed by atoms with van der Waals surface area (Å²) in [6, 6.07) is 8.48. The molecule has 1 amide bonds. The number of aromatic amines is 1. The molecule has 2 heterocycles. The Bertz CT molecular complexity index is 695. The maximum atomic E-state index is 12.7. The average molecular weight is 343 g/mol. The fourth-order valence-electron chi connectivity index (χ4n) is 3.20. The van der Waals surface area contributed by atoms with Crippen molar-refractivity contribution in [2.24, 2.45) is 0 Å². The topological polar surface area (TPSA) is 49.0 Å². The minimum atomic E-state index is -0.00266. The molecule has 0 spiro atoms. The van der Waals surface area contributed by atoms with E-state index < -0.39 is 0 Å². The second-order valence-corrected chi connectivity index (χ2v) is 7.65. The number of nitrogens with zero attached hydrogens (tertiary/aromatic N) is 2. The lowest BCUT2D eigenvalue weighted by Gasteiger charge is -2.36. The molecular weight excluding hydrogens is 318 g/mol. The predicted octanol–water partition coefficient (Wildman–Crippen LogP) is 4.19. The predicted molar refractivity (Wildman–Crippen MR) is 100 cm³/mol. The molecule has 1 N–H and O–H groups in total. The highest BCUT2D eigenvalue weighted by Gasteiger charge is 2.32. The van der Waals surface area contributed by atoms with Crippen LogP contribution in [0.4, 0.5) is 0 Å². The molecule has 3 rings (SSSR count). The molecule has 2 atom stereocenters. The van der Waals surface area contributed by atoms with Gasteiger partial charge in [-0.1, -0.05) is 29.8 Å². The van der Waals surface area contributed by atoms with Crippen LogP contribution in [0, 0.1) is 6.92 Å². The molecule has 1 aliphatic heterocycles. The first-order chi connectivity index (χ1) is 11.6. The van der Waals surface area contributed by atoms with E-state index in [0.29, 0.717) is 0 Å². The lowest BCUT2D eigenvalue weighted by Crippen LogP contribution is -2.42. The highest BCUT2D eigenvalue weighted by atomic mass is 32.2. The summed E-state index contributed by atoms with van der Waals surface area (Å²) in [5.74, 6) is 1.13. The second kappa shape index (κ2) is 7.43. The Hall–Kier alpha value is -1.75. The van der Waals surface area contributed by atoms with E-state index in [1.165, 1.54) is 5.56 Å². The molecule has 24 heavy (non-hydrogen) atoms. The van der Waals surface area contributed by atoms with Crippen LogP contribution in [0.25, 0.3) is 11.3 Å². The van der Waals surface area contributed by atoms with E-state index >= 15 is 0 Å². The SMILES string of the molecule is CS[C@@H](C)C(=O)N1CCCC[C@@H]1c1ncc(-c2ccc(C)cc2)[nH]1. The summed E-state index contributed by atoms with van der Waals surface area (Å²) in [6.45, 7) is 4.90. The Morgan fingerprint density at radius 3 is 2.79 bits per heavy atom. The number of likely N-dealkylation sites (tertiary alicyclic amines) is 1. The van der Waals surface area contributed by atoms with Crippen molar-refractivity contribution in [2.45, 2.75) is 44.4 Å². The van der Waals surface area contributed by atoms with Crippen molar-refractivity contribution in [3.63, 3.8) is 0 Å². The molecule has 0 aliphatic carbocycles. The molecule has 128 valence electrons. The Kier molecular flexibility index (Phi) is 5.29. The van der Waals surface area contributed by atoms with Gasteiger partial charge in [0.25, 0.3) is 0 Å². The van der Waals surface area contributed by atoms with Crippen molar-refractivity contribution in [3.05, 3.63) is 41.9 Å². The Morgan fingerprint density at radius 1 is 1.33 bits per heavy atom. The summed E-state index contributed by atoms with van der Waals surface area (Å²) in [5.41, 5.74) is 3.39. The van der Waals surface area contributed by atoms with E-state index in [2.05, 4.69) is 41.2 Å². The highest BCUT2D eigenvalue weighted by molar-refractivity contribution is 7.99. The fourth-order valence-corrected chi connectivity index (χ4v) is 3.54. The van der Waals surface area contributed by atoms with Gasteiger partial charge in [0.15, 0.2) is 0 Å². The number of carbonyl (C=O) groups is 1. The molecule has 2 aromatic rings. The van der Waals surface area contributed by atoms with Crippen LogP contribution >= 0.6 is 11.8 Å². The maximum Gasteiger partial charge on any atom is 0.236 e. The zero-order chi connectivity index (χ0) is 17.1. The van der Waals surface area contributed by atoms with Gasteiger partial charge in [0.05, 0.1) is 23.2 Å². The van der Waals surface area contributed by atoms with Crippen LogP contribution in [0.3, 0.4) is 0 Å². The van der Waals surface area contributed by atoms with Gasteiger partial charge in [0, 0.05) is 6.54 Å². The molecule has 1 aromatic carbocycles. The molecule has 0 unspecified atom stereocenters. The van der Waals surface area contributed by atoms with Crippen LogP contribution in [0.5, 0.6) is 0 Å². The Labute approximate surface area is 148 Å². The minimum absolute atomic E-state index is 0.00266. The quantitative estimate of drug-likeness (QED) is 0.905. The number of amides is 1. The monoisotopic (exact) mass is 343 g/mol. The van der Waals surface area contributed by atoms with Crippen molar-refractivity contribution in [1.29, 1.82) is 0 Å². The molecule has 1 aromatic heterocycles. The maximum absolute atomic E-state index is 12.7. The Balaban J connectivity index is 1.84. The third-order valence-electron chi connectivity index (χ3n) is 4.76. The number of hydrogen-bond acceptors (Lipinski definition) is 3. The number of aryl methyl sites for hydroxylation is 1. The van der Waals surface area contributed by atoms with Crippen LogP contribution < -0.4 is 0 Å². The van der Waals surface area contributed by atoms with Crippen molar-refractivity contribution in [3.8, 4) is 11.3 Å². The van der Waals surface area contributed by atoms with Gasteiger partial charge in [-0.2, -0.15) is 11.8 Å². The first kappa shape index (κ1) is 17.1. The van der Waals surface area contributed by atoms with E-state index in [4.69, 9.17) is 0 Å². The molecule has 1 fully saturated rings. The first-order valence-electron chi connectivity index (χ1n) is 8.55. The molecule has 1 aliphatic rings. The van der Waals surface area contributed by atoms with E-state index in [0.717, 1.165) is 42.9 Å². The van der Waals surface area contributed by atoms with Gasteiger partial charge in [-0.05, 0) is 44.9 Å². The molecular formula is C19H25N3OS. The lowest BCUT2D eigenvalue weighted by atomic mass is 10.0. The van der Waals surface area contributed by atoms with Gasteiger partial charge in [-0.3, -0.25) is 4.79 Å². The van der Waals surface area contributed by atoms with Gasteiger partial charge in [0.2, 0.25) is 5.91 Å². The van der Waals surface area contributed by atoms with Gasteiger partial charge in [-0.25, -0.2) is 4.98 Å². The number of aromatic nitrogens is 2. The van der Waals surface area contributed by atoms with Crippen LogP contribution in [0.2, 0.25) is 0 Å². The summed E-state index contributed by atoms with van der Waals surface area (Å²) in [4.78, 5) is 22.8. The summed E-state index contributed by atoms with van der Waals surface area (Å²) in [5, 5.41) is -0.00266. The van der Waals surface area contributed by atoms with Crippen molar-refractivity contribution in [2.75, 3.05) is 12.8 Å². The smallest absolute Gasteiger partial charge is 0.236 e. The number of H-pyrrole nitrogens is 1. The standard InChI is InChI=1S/C19H25N3OS/c1-13-7-9-15(10-8-13)16-12-20-18(21-16)17-6-4-5-11-22(17)19(23)14(2)24-3/h7-10,12,14,17H,4-6,11H2,1-3H3,(H,20,21)/t14-,17+/m0/s1. The molecule has 0 radical (unpaired) electrons. The summed E-state index contributed by atoms with van der Waals surface area (Å²) >= 11 is 1.61. The number of piperidine rings is 1. The number of nitrogens with one attached hydrogen (secondary N) is 1. The van der Waals surface area contributed by atoms with E-state index in [-0.39, 0.29) is 17.2 Å². The van der Waals surface area contributed by atoms with Gasteiger partial charge >= 0.3 is 0 Å². The minimum Gasteiger partial charge on any atom is -0.340 e. The van der Waals surface area contributed by atoms with E-state index in [1.54, 1.807) is 11.8 Å². The fraction of sp³-hybridized carbons (Fsp3) is 0.474. The molecule has 4 nitrogen and oxygen atoms in total. The van der Waals surface area contributed by atoms with Gasteiger partial charge in [-0.15, -0.1) is 0 Å². The molecule has 0 saturated carbocycles. The van der Waals surface area contributed by atoms with E-state index in [9.17, 15) is 4.79 Å². The van der Waals surface area contributed by atoms with Gasteiger partial charge in [0.1, 0.15) is 5.82 Å². The van der Waals surface area contributed by atoms with Crippen LogP contribution in [-0.2, 0) is 4.79 Å². The average Bonchev–Trinajstić information content (AvgIpc) is 3.11. The van der Waals surface area contributed by atoms with Gasteiger partial charge < -0.3 is 9.88 Å². The van der Waals surface area contributed by atoms with Crippen LogP contribution in [0.15, 0.2) is 30.5 Å². The normalized spacial score (nSPS) is 19.3. The van der Waals surface area contributed by atoms with Crippen molar-refractivity contribution in [1.82, 2.24) is 14.9 Å². The van der Waals surface area contributed by atoms with Crippen molar-refractivity contribution >= 4 is 17.7 Å². The number of thioether (sulfide) groups is 1. The zero-order valence-electron chi connectivity index (χ0n) is 14.6. The second-order valence-electron chi connectivity index (χ2n) is 6.47. The number of benzene rings is 1. The van der Waals surface area contributed by atoms with Crippen molar-refractivity contribution < 1.29 is 4.79 Å². The summed E-state index contributed by atoms with van der Waals surface area (Å²) in [7, 11) is 0. The Morgan fingerprint density at radius 2 is 2.08 bits per heavy atom. The number of rotatable bonds is 4. The largest absolute Gasteiger partial charge is 0.340 e. The zero-order valence-corrected chi connectivity index (χ0v) is 15.4. The molecule has 5 heteroatoms. The number of imidazole rings is 1. The van der Waals surface area contributed by atoms with Crippen LogP contribution in [-0.4, -0.2) is 38.8 Å². The van der Waals surface area contributed by atoms with E-state index in [1.807, 2.05) is 24.3 Å². The molecule has 0 bridgehead atoms. The summed E-state index contributed by atoms with van der Waals surface area (Å²) in [6.07, 6.45) is 7.07. The van der Waals surface area contributed by atoms with Crippen LogP contribution in [0.1, 0.15) is 43.6 Å². The summed E-state index contributed by atoms with van der Waals surface area (Å²) < 4.78 is 0. The highest BCUT2D eigenvalue weighted by Crippen LogP contribution is 2.32. The number of hydrogen-bond donors (Lipinski definition) is 1. The third-order valence-corrected chi connectivity index (χ3v) is 5.67. The number of carbonyl (C=O) groups excluding carboxylic acids is 1. The third kappa shape index (κ3) is 3.51.